The summed E-state index contributed by atoms with van der Waals surface area (Å²) in [5.74, 6) is 0.715. The lowest BCUT2D eigenvalue weighted by atomic mass is 9.93. The Morgan fingerprint density at radius 1 is 1.00 bits per heavy atom. The predicted octanol–water partition coefficient (Wildman–Crippen LogP) is 3.33. The normalized spacial score (nSPS) is 16.0. The minimum Gasteiger partial charge on any atom is -0.327 e. The molecule has 0 aliphatic heterocycles. The van der Waals surface area contributed by atoms with Crippen molar-refractivity contribution in [2.75, 3.05) is 0 Å². The monoisotopic (exact) mass is 171 g/mol. The van der Waals surface area contributed by atoms with Gasteiger partial charge in [-0.25, -0.2) is 0 Å². The van der Waals surface area contributed by atoms with Crippen molar-refractivity contribution in [1.82, 2.24) is 0 Å². The van der Waals surface area contributed by atoms with E-state index in [2.05, 4.69) is 20.8 Å². The molecule has 2 atom stereocenters. The van der Waals surface area contributed by atoms with E-state index >= 15 is 0 Å². The highest BCUT2D eigenvalue weighted by Crippen LogP contribution is 2.14. The topological polar surface area (TPSA) is 26.0 Å². The lowest BCUT2D eigenvalue weighted by molar-refractivity contribution is 0.391. The summed E-state index contributed by atoms with van der Waals surface area (Å²) in [5.41, 5.74) is 6.04. The summed E-state index contributed by atoms with van der Waals surface area (Å²) in [4.78, 5) is 0. The zero-order valence-corrected chi connectivity index (χ0v) is 8.97. The van der Waals surface area contributed by atoms with E-state index in [1.807, 2.05) is 0 Å². The van der Waals surface area contributed by atoms with Crippen LogP contribution in [0.1, 0.15) is 59.3 Å². The molecule has 12 heavy (non-hydrogen) atoms. The number of hydrogen-bond donors (Lipinski definition) is 1. The van der Waals surface area contributed by atoms with E-state index in [9.17, 15) is 0 Å². The van der Waals surface area contributed by atoms with Gasteiger partial charge >= 0.3 is 0 Å². The van der Waals surface area contributed by atoms with E-state index in [-0.39, 0.29) is 0 Å². The smallest absolute Gasteiger partial charge is 0.00645 e. The molecule has 0 saturated heterocycles. The van der Waals surface area contributed by atoms with Gasteiger partial charge in [0.1, 0.15) is 0 Å². The molecule has 0 spiro atoms. The molecule has 0 rings (SSSR count). The standard InChI is InChI=1S/C11H25N/c1-4-6-7-9-11(12)10(3)8-5-2/h10-11H,4-9,12H2,1-3H3. The van der Waals surface area contributed by atoms with Crippen molar-refractivity contribution < 1.29 is 0 Å². The van der Waals surface area contributed by atoms with Gasteiger partial charge in [-0.3, -0.25) is 0 Å². The first kappa shape index (κ1) is 12.0. The maximum Gasteiger partial charge on any atom is 0.00645 e. The molecule has 0 aromatic rings. The lowest BCUT2D eigenvalue weighted by Gasteiger charge is -2.18. The molecular formula is C11H25N. The van der Waals surface area contributed by atoms with Crippen LogP contribution in [0.25, 0.3) is 0 Å². The molecule has 2 unspecified atom stereocenters. The van der Waals surface area contributed by atoms with Gasteiger partial charge in [0.2, 0.25) is 0 Å². The van der Waals surface area contributed by atoms with Crippen LogP contribution in [0.5, 0.6) is 0 Å². The molecule has 0 aliphatic rings. The third-order valence-electron chi connectivity index (χ3n) is 2.62. The van der Waals surface area contributed by atoms with E-state index in [1.54, 1.807) is 0 Å². The second kappa shape index (κ2) is 7.60. The fourth-order valence-corrected chi connectivity index (χ4v) is 1.58. The largest absolute Gasteiger partial charge is 0.327 e. The van der Waals surface area contributed by atoms with Crippen molar-refractivity contribution in [1.29, 1.82) is 0 Å². The summed E-state index contributed by atoms with van der Waals surface area (Å²) >= 11 is 0. The first-order valence-corrected chi connectivity index (χ1v) is 5.47. The molecule has 0 aliphatic carbocycles. The molecule has 0 aromatic heterocycles. The lowest BCUT2D eigenvalue weighted by Crippen LogP contribution is -2.27. The Labute approximate surface area is 77.7 Å². The van der Waals surface area contributed by atoms with Gasteiger partial charge in [0.15, 0.2) is 0 Å². The summed E-state index contributed by atoms with van der Waals surface area (Å²) in [6.07, 6.45) is 7.72. The first-order valence-electron chi connectivity index (χ1n) is 5.47. The molecule has 2 N–H and O–H groups in total. The minimum absolute atomic E-state index is 0.441. The summed E-state index contributed by atoms with van der Waals surface area (Å²) < 4.78 is 0. The fourth-order valence-electron chi connectivity index (χ4n) is 1.58. The van der Waals surface area contributed by atoms with Crippen molar-refractivity contribution >= 4 is 0 Å². The highest BCUT2D eigenvalue weighted by molar-refractivity contribution is 4.68. The maximum absolute atomic E-state index is 6.04. The number of hydrogen-bond acceptors (Lipinski definition) is 1. The average molecular weight is 171 g/mol. The summed E-state index contributed by atoms with van der Waals surface area (Å²) in [6.45, 7) is 6.75. The number of rotatable bonds is 7. The third kappa shape index (κ3) is 5.59. The van der Waals surface area contributed by atoms with E-state index < -0.39 is 0 Å². The molecular weight excluding hydrogens is 146 g/mol. The number of nitrogens with two attached hydrogens (primary N) is 1. The fraction of sp³-hybridized carbons (Fsp3) is 1.00. The Morgan fingerprint density at radius 3 is 2.17 bits per heavy atom. The van der Waals surface area contributed by atoms with E-state index in [1.165, 1.54) is 38.5 Å². The van der Waals surface area contributed by atoms with Crippen molar-refractivity contribution in [2.45, 2.75) is 65.3 Å². The highest BCUT2D eigenvalue weighted by atomic mass is 14.6. The second-order valence-corrected chi connectivity index (χ2v) is 3.93. The highest BCUT2D eigenvalue weighted by Gasteiger charge is 2.10. The molecule has 0 bridgehead atoms. The molecule has 1 nitrogen and oxygen atoms in total. The number of unbranched alkanes of at least 4 members (excludes halogenated alkanes) is 2. The minimum atomic E-state index is 0.441. The molecule has 0 amide bonds. The third-order valence-corrected chi connectivity index (χ3v) is 2.62. The molecule has 0 heterocycles. The van der Waals surface area contributed by atoms with Crippen LogP contribution in [-0.2, 0) is 0 Å². The Morgan fingerprint density at radius 2 is 1.67 bits per heavy atom. The van der Waals surface area contributed by atoms with Gasteiger partial charge in [-0.15, -0.1) is 0 Å². The zero-order valence-electron chi connectivity index (χ0n) is 8.97. The summed E-state index contributed by atoms with van der Waals surface area (Å²) in [5, 5.41) is 0. The Bertz CT molecular complexity index is 91.0. The van der Waals surface area contributed by atoms with Crippen LogP contribution in [0, 0.1) is 5.92 Å². The van der Waals surface area contributed by atoms with E-state index in [4.69, 9.17) is 5.73 Å². The van der Waals surface area contributed by atoms with Crippen LogP contribution in [0.4, 0.5) is 0 Å². The van der Waals surface area contributed by atoms with Crippen LogP contribution in [0.3, 0.4) is 0 Å². The van der Waals surface area contributed by atoms with Crippen LogP contribution in [0.2, 0.25) is 0 Å². The molecule has 0 fully saturated rings. The molecule has 0 aromatic carbocycles. The quantitative estimate of drug-likeness (QED) is 0.584. The van der Waals surface area contributed by atoms with Crippen LogP contribution >= 0.6 is 0 Å². The van der Waals surface area contributed by atoms with E-state index in [0.29, 0.717) is 12.0 Å². The van der Waals surface area contributed by atoms with Gasteiger partial charge in [-0.05, 0) is 18.8 Å². The molecule has 74 valence electrons. The zero-order chi connectivity index (χ0) is 9.40. The maximum atomic E-state index is 6.04. The van der Waals surface area contributed by atoms with Crippen molar-refractivity contribution in [2.24, 2.45) is 11.7 Å². The SMILES string of the molecule is CCCCCC(N)C(C)CCC. The summed E-state index contributed by atoms with van der Waals surface area (Å²) in [6, 6.07) is 0.441. The van der Waals surface area contributed by atoms with Crippen LogP contribution < -0.4 is 5.73 Å². The van der Waals surface area contributed by atoms with Crippen LogP contribution in [0.15, 0.2) is 0 Å². The first-order chi connectivity index (χ1) is 5.72. The Balaban J connectivity index is 3.35. The summed E-state index contributed by atoms with van der Waals surface area (Å²) in [7, 11) is 0. The molecule has 0 radical (unpaired) electrons. The predicted molar refractivity (Wildman–Crippen MR) is 56.2 cm³/mol. The molecule has 0 saturated carbocycles. The van der Waals surface area contributed by atoms with Gasteiger partial charge in [-0.2, -0.15) is 0 Å². The molecule has 1 heteroatoms. The van der Waals surface area contributed by atoms with Crippen molar-refractivity contribution in [3.8, 4) is 0 Å². The van der Waals surface area contributed by atoms with Crippen molar-refractivity contribution in [3.05, 3.63) is 0 Å². The Hall–Kier alpha value is -0.0400. The van der Waals surface area contributed by atoms with Crippen LogP contribution in [-0.4, -0.2) is 6.04 Å². The Kier molecular flexibility index (Phi) is 7.58. The van der Waals surface area contributed by atoms with Gasteiger partial charge in [0.25, 0.3) is 0 Å². The van der Waals surface area contributed by atoms with Gasteiger partial charge in [0, 0.05) is 6.04 Å². The van der Waals surface area contributed by atoms with E-state index in [0.717, 1.165) is 0 Å². The second-order valence-electron chi connectivity index (χ2n) is 3.93. The van der Waals surface area contributed by atoms with Gasteiger partial charge in [-0.1, -0.05) is 46.5 Å². The van der Waals surface area contributed by atoms with Gasteiger partial charge < -0.3 is 5.73 Å². The van der Waals surface area contributed by atoms with Crippen molar-refractivity contribution in [3.63, 3.8) is 0 Å². The van der Waals surface area contributed by atoms with Gasteiger partial charge in [0.05, 0.1) is 0 Å². The average Bonchev–Trinajstić information content (AvgIpc) is 2.05.